The number of ether oxygens (including phenoxy) is 3. The van der Waals surface area contributed by atoms with Gasteiger partial charge in [0.15, 0.2) is 6.10 Å². The largest absolute Gasteiger partial charge is 0.462 e. The molecule has 0 amide bonds. The monoisotopic (exact) mass is 1090 g/mol. The van der Waals surface area contributed by atoms with E-state index in [-0.39, 0.29) is 31.6 Å². The summed E-state index contributed by atoms with van der Waals surface area (Å²) in [5.74, 6) is -1.03. The molecule has 0 aromatic heterocycles. The first kappa shape index (κ1) is 74.8. The van der Waals surface area contributed by atoms with E-state index in [0.717, 1.165) is 103 Å². The molecule has 0 rings (SSSR count). The van der Waals surface area contributed by atoms with Crippen LogP contribution in [0.4, 0.5) is 0 Å². The minimum atomic E-state index is -0.820. The van der Waals surface area contributed by atoms with Gasteiger partial charge in [-0.15, -0.1) is 0 Å². The van der Waals surface area contributed by atoms with Gasteiger partial charge in [-0.3, -0.25) is 14.4 Å². The highest BCUT2D eigenvalue weighted by atomic mass is 16.6. The summed E-state index contributed by atoms with van der Waals surface area (Å²) in [4.78, 5) is 38.3. The van der Waals surface area contributed by atoms with Crippen molar-refractivity contribution in [3.05, 3.63) is 122 Å². The maximum absolute atomic E-state index is 12.9. The smallest absolute Gasteiger partial charge is 0.309 e. The lowest BCUT2D eigenvalue weighted by molar-refractivity contribution is -0.166. The summed E-state index contributed by atoms with van der Waals surface area (Å²) < 4.78 is 16.8. The number of hydrogen-bond donors (Lipinski definition) is 0. The van der Waals surface area contributed by atoms with Crippen molar-refractivity contribution in [2.75, 3.05) is 13.2 Å². The Kier molecular flexibility index (Phi) is 62.8. The van der Waals surface area contributed by atoms with Gasteiger partial charge in [-0.05, 0) is 89.9 Å². The van der Waals surface area contributed by atoms with Crippen molar-refractivity contribution in [1.29, 1.82) is 0 Å². The zero-order valence-electron chi connectivity index (χ0n) is 51.6. The number of carbonyl (C=O) groups is 3. The fraction of sp³-hybridized carbons (Fsp3) is 0.685. The van der Waals surface area contributed by atoms with Crippen LogP contribution in [0, 0.1) is 0 Å². The molecule has 6 heteroatoms. The second-order valence-electron chi connectivity index (χ2n) is 21.6. The van der Waals surface area contributed by atoms with Gasteiger partial charge in [-0.25, -0.2) is 0 Å². The molecule has 0 aliphatic carbocycles. The second-order valence-corrected chi connectivity index (χ2v) is 21.6. The van der Waals surface area contributed by atoms with Gasteiger partial charge >= 0.3 is 17.9 Å². The molecular weight excluding hydrogens is 973 g/mol. The first-order valence-corrected chi connectivity index (χ1v) is 33.0. The molecular formula is C73H122O6. The normalized spacial score (nSPS) is 12.9. The Labute approximate surface area is 488 Å². The molecule has 0 radical (unpaired) electrons. The molecule has 0 saturated heterocycles. The molecule has 0 aliphatic rings. The van der Waals surface area contributed by atoms with E-state index in [9.17, 15) is 14.4 Å². The first-order valence-electron chi connectivity index (χ1n) is 33.0. The van der Waals surface area contributed by atoms with E-state index in [0.29, 0.717) is 12.8 Å². The topological polar surface area (TPSA) is 78.9 Å². The van der Waals surface area contributed by atoms with Crippen LogP contribution in [-0.4, -0.2) is 37.2 Å². The molecule has 79 heavy (non-hydrogen) atoms. The van der Waals surface area contributed by atoms with E-state index in [1.807, 2.05) is 6.08 Å². The molecule has 0 fully saturated rings. The number of rotatable bonds is 59. The third-order valence-electron chi connectivity index (χ3n) is 14.0. The maximum atomic E-state index is 12.9. The van der Waals surface area contributed by atoms with Gasteiger partial charge in [-0.1, -0.05) is 316 Å². The molecule has 0 aromatic rings. The molecule has 0 aromatic carbocycles. The van der Waals surface area contributed by atoms with Crippen LogP contribution >= 0.6 is 0 Å². The van der Waals surface area contributed by atoms with Gasteiger partial charge in [0, 0.05) is 12.8 Å². The van der Waals surface area contributed by atoms with Crippen LogP contribution in [0.1, 0.15) is 303 Å². The van der Waals surface area contributed by atoms with Crippen molar-refractivity contribution in [3.63, 3.8) is 0 Å². The minimum absolute atomic E-state index is 0.107. The van der Waals surface area contributed by atoms with Crippen molar-refractivity contribution in [2.45, 2.75) is 309 Å². The Hall–Kier alpha value is -4.19. The number of carbonyl (C=O) groups excluding carboxylic acids is 3. The quantitative estimate of drug-likeness (QED) is 0.0261. The van der Waals surface area contributed by atoms with Crippen LogP contribution in [-0.2, 0) is 28.6 Å². The van der Waals surface area contributed by atoms with Crippen molar-refractivity contribution in [1.82, 2.24) is 0 Å². The van der Waals surface area contributed by atoms with Crippen LogP contribution in [0.3, 0.4) is 0 Å². The lowest BCUT2D eigenvalue weighted by Gasteiger charge is -2.18. The number of allylic oxidation sites excluding steroid dienone is 19. The van der Waals surface area contributed by atoms with E-state index in [2.05, 4.69) is 130 Å². The molecule has 0 heterocycles. The van der Waals surface area contributed by atoms with Gasteiger partial charge in [-0.2, -0.15) is 0 Å². The van der Waals surface area contributed by atoms with Crippen molar-refractivity contribution >= 4 is 17.9 Å². The van der Waals surface area contributed by atoms with Gasteiger partial charge in [0.2, 0.25) is 0 Å². The van der Waals surface area contributed by atoms with Gasteiger partial charge in [0.05, 0.1) is 6.42 Å². The molecule has 1 atom stereocenters. The third kappa shape index (κ3) is 64.5. The highest BCUT2D eigenvalue weighted by molar-refractivity contribution is 5.72. The SMILES string of the molecule is CC/C=C\C/C=C\C/C=C\C/C=C\C/C=C\CCCCCCCCCCCCCCCC(=O)OCC(COC(=O)C/C=C\C/C=C\C/C=C\C/C=C\C/C=C\CC)OC(=O)CCCCCCCCCCCCCCCCCCC. The van der Waals surface area contributed by atoms with Crippen LogP contribution in [0.5, 0.6) is 0 Å². The first-order chi connectivity index (χ1) is 39.0. The molecule has 0 aliphatic heterocycles. The molecule has 0 bridgehead atoms. The zero-order chi connectivity index (χ0) is 57.1. The van der Waals surface area contributed by atoms with E-state index >= 15 is 0 Å². The van der Waals surface area contributed by atoms with Gasteiger partial charge < -0.3 is 14.2 Å². The average molecular weight is 1100 g/mol. The third-order valence-corrected chi connectivity index (χ3v) is 14.0. The lowest BCUT2D eigenvalue weighted by atomic mass is 10.0. The Morgan fingerprint density at radius 1 is 0.278 bits per heavy atom. The molecule has 0 saturated carbocycles. The summed E-state index contributed by atoms with van der Waals surface area (Å²) in [5, 5.41) is 0. The molecule has 0 spiro atoms. The van der Waals surface area contributed by atoms with E-state index < -0.39 is 12.1 Å². The zero-order valence-corrected chi connectivity index (χ0v) is 51.6. The standard InChI is InChI=1S/C73H122O6/c1-4-7-10-13-16-19-22-25-28-30-31-32-33-34-35-36-37-38-39-40-41-43-45-48-51-54-57-60-63-66-72(75)78-69-70(68-77-71(74)65-62-59-56-53-50-47-44-27-24-21-18-15-12-9-6-3)79-73(76)67-64-61-58-55-52-49-46-42-29-26-23-20-17-14-11-8-5-2/h7,9-10,12,16,18-19,21,25,27-28,31-32,34-35,44,50,53,59,62,70H,4-6,8,11,13-15,17,20,22-24,26,29-30,33,36-43,45-49,51-52,54-58,60-61,63-69H2,1-3H3/b10-7-,12-9-,19-16-,21-18-,28-25-,32-31-,35-34-,44-27-,53-50-,62-59-. The van der Waals surface area contributed by atoms with Crippen molar-refractivity contribution in [2.24, 2.45) is 0 Å². The summed E-state index contributed by atoms with van der Waals surface area (Å²) in [6, 6.07) is 0. The summed E-state index contributed by atoms with van der Waals surface area (Å²) in [5.41, 5.74) is 0. The fourth-order valence-corrected chi connectivity index (χ4v) is 9.13. The molecule has 450 valence electrons. The van der Waals surface area contributed by atoms with Crippen molar-refractivity contribution < 1.29 is 28.6 Å². The summed E-state index contributed by atoms with van der Waals surface area (Å²) >= 11 is 0. The molecule has 6 nitrogen and oxygen atoms in total. The Bertz CT molecular complexity index is 1640. The van der Waals surface area contributed by atoms with E-state index in [1.54, 1.807) is 6.08 Å². The van der Waals surface area contributed by atoms with E-state index in [1.165, 1.54) is 161 Å². The highest BCUT2D eigenvalue weighted by Crippen LogP contribution is 2.17. The Morgan fingerprint density at radius 3 is 0.886 bits per heavy atom. The predicted molar refractivity (Wildman–Crippen MR) is 343 cm³/mol. The second kappa shape index (κ2) is 66.3. The maximum Gasteiger partial charge on any atom is 0.309 e. The summed E-state index contributed by atoms with van der Waals surface area (Å²) in [7, 11) is 0. The highest BCUT2D eigenvalue weighted by Gasteiger charge is 2.19. The molecule has 0 N–H and O–H groups in total. The number of esters is 3. The van der Waals surface area contributed by atoms with Gasteiger partial charge in [0.1, 0.15) is 13.2 Å². The van der Waals surface area contributed by atoms with Crippen LogP contribution in [0.15, 0.2) is 122 Å². The Balaban J connectivity index is 4.34. The van der Waals surface area contributed by atoms with Crippen LogP contribution in [0.25, 0.3) is 0 Å². The summed E-state index contributed by atoms with van der Waals surface area (Å²) in [6.45, 7) is 6.35. The van der Waals surface area contributed by atoms with Gasteiger partial charge in [0.25, 0.3) is 0 Å². The summed E-state index contributed by atoms with van der Waals surface area (Å²) in [6.07, 6.45) is 92.4. The Morgan fingerprint density at radius 2 is 0.544 bits per heavy atom. The minimum Gasteiger partial charge on any atom is -0.462 e. The van der Waals surface area contributed by atoms with Crippen molar-refractivity contribution in [3.8, 4) is 0 Å². The number of unbranched alkanes of at least 4 members (excludes halogenated alkanes) is 29. The average Bonchev–Trinajstić information content (AvgIpc) is 3.45. The van der Waals surface area contributed by atoms with E-state index in [4.69, 9.17) is 14.2 Å². The predicted octanol–water partition coefficient (Wildman–Crippen LogP) is 22.8. The fourth-order valence-electron chi connectivity index (χ4n) is 9.13. The molecule has 1 unspecified atom stereocenters. The lowest BCUT2D eigenvalue weighted by Crippen LogP contribution is -2.30. The van der Waals surface area contributed by atoms with Crippen LogP contribution < -0.4 is 0 Å². The number of hydrogen-bond acceptors (Lipinski definition) is 6. The van der Waals surface area contributed by atoms with Crippen LogP contribution in [0.2, 0.25) is 0 Å².